The van der Waals surface area contributed by atoms with Gasteiger partial charge in [-0.3, -0.25) is 9.59 Å². The van der Waals surface area contributed by atoms with Gasteiger partial charge < -0.3 is 15.1 Å². The Hall–Kier alpha value is -2.58. The number of carboxylic acid groups (broad SMARTS) is 2. The Bertz CT molecular complexity index is 933. The molecule has 0 amide bonds. The number of benzene rings is 2. The third-order valence-corrected chi connectivity index (χ3v) is 5.88. The molecule has 2 rings (SSSR count). The number of hydrogen-bond donors (Lipinski definition) is 2. The SMILES string of the molecule is CN(C)CCC(Cc1cccc(C(F)(F)F)c1)c1ccccc1Cl.O=C(O)CCCCCCC(=O)O. The van der Waals surface area contributed by atoms with E-state index in [0.29, 0.717) is 29.8 Å². The van der Waals surface area contributed by atoms with E-state index in [2.05, 4.69) is 4.90 Å². The number of aliphatic carboxylic acids is 2. The molecule has 1 unspecified atom stereocenters. The standard InChI is InChI=1S/C19H21ClF3N.C8H14O4/c1-24(2)11-10-15(17-8-3-4-9-18(17)20)12-14-6-5-7-16(13-14)19(21,22)23;9-7(10)5-3-1-2-4-6-8(11)12/h3-9,13,15H,10-12H2,1-2H3;1-6H2,(H,9,10)(H,11,12). The second kappa shape index (κ2) is 16.2. The monoisotopic (exact) mass is 529 g/mol. The largest absolute Gasteiger partial charge is 0.481 e. The predicted molar refractivity (Wildman–Crippen MR) is 135 cm³/mol. The molecule has 2 N–H and O–H groups in total. The number of rotatable bonds is 13. The summed E-state index contributed by atoms with van der Waals surface area (Å²) in [5.41, 5.74) is 1.05. The van der Waals surface area contributed by atoms with E-state index in [1.54, 1.807) is 6.07 Å². The normalized spacial score (nSPS) is 12.1. The van der Waals surface area contributed by atoms with E-state index in [-0.39, 0.29) is 18.8 Å². The van der Waals surface area contributed by atoms with Crippen LogP contribution in [-0.2, 0) is 22.2 Å². The van der Waals surface area contributed by atoms with Gasteiger partial charge in [-0.15, -0.1) is 0 Å². The number of hydrogen-bond acceptors (Lipinski definition) is 3. The quantitative estimate of drug-likeness (QED) is 0.270. The van der Waals surface area contributed by atoms with Crippen LogP contribution in [0.5, 0.6) is 0 Å². The second-order valence-corrected chi connectivity index (χ2v) is 9.32. The number of halogens is 4. The van der Waals surface area contributed by atoms with E-state index in [9.17, 15) is 22.8 Å². The summed E-state index contributed by atoms with van der Waals surface area (Å²) in [6.07, 6.45) is 0.317. The van der Waals surface area contributed by atoms with Crippen molar-refractivity contribution in [1.29, 1.82) is 0 Å². The molecule has 0 saturated carbocycles. The maximum Gasteiger partial charge on any atom is 0.416 e. The molecule has 5 nitrogen and oxygen atoms in total. The molecule has 0 bridgehead atoms. The van der Waals surface area contributed by atoms with Crippen LogP contribution in [0.25, 0.3) is 0 Å². The van der Waals surface area contributed by atoms with Gasteiger partial charge in [-0.25, -0.2) is 0 Å². The minimum absolute atomic E-state index is 0.0737. The van der Waals surface area contributed by atoms with Crippen molar-refractivity contribution in [3.05, 3.63) is 70.2 Å². The zero-order valence-electron chi connectivity index (χ0n) is 20.7. The molecule has 0 aliphatic carbocycles. The van der Waals surface area contributed by atoms with Crippen molar-refractivity contribution in [2.75, 3.05) is 20.6 Å². The number of unbranched alkanes of at least 4 members (excludes halogenated alkanes) is 3. The molecule has 0 saturated heterocycles. The van der Waals surface area contributed by atoms with E-state index < -0.39 is 23.7 Å². The zero-order valence-corrected chi connectivity index (χ0v) is 21.5. The fraction of sp³-hybridized carbons (Fsp3) is 0.481. The van der Waals surface area contributed by atoms with Gasteiger partial charge in [0.2, 0.25) is 0 Å². The van der Waals surface area contributed by atoms with Crippen LogP contribution < -0.4 is 0 Å². The molecule has 0 aliphatic rings. The highest BCUT2D eigenvalue weighted by Crippen LogP contribution is 2.33. The van der Waals surface area contributed by atoms with E-state index in [1.807, 2.05) is 38.4 Å². The Labute approximate surface area is 215 Å². The smallest absolute Gasteiger partial charge is 0.416 e. The summed E-state index contributed by atoms with van der Waals surface area (Å²) in [7, 11) is 3.96. The first kappa shape index (κ1) is 31.4. The highest BCUT2D eigenvalue weighted by molar-refractivity contribution is 6.31. The lowest BCUT2D eigenvalue weighted by Gasteiger charge is -2.21. The molecule has 2 aromatic rings. The van der Waals surface area contributed by atoms with Crippen molar-refractivity contribution in [2.24, 2.45) is 0 Å². The van der Waals surface area contributed by atoms with Crippen LogP contribution in [0.1, 0.15) is 67.6 Å². The van der Waals surface area contributed by atoms with Crippen molar-refractivity contribution < 1.29 is 33.0 Å². The van der Waals surface area contributed by atoms with Gasteiger partial charge in [0.15, 0.2) is 0 Å². The summed E-state index contributed by atoms with van der Waals surface area (Å²) in [5, 5.41) is 17.2. The maximum absolute atomic E-state index is 12.9. The van der Waals surface area contributed by atoms with Gasteiger partial charge in [-0.2, -0.15) is 13.2 Å². The van der Waals surface area contributed by atoms with E-state index in [1.165, 1.54) is 12.1 Å². The summed E-state index contributed by atoms with van der Waals surface area (Å²) in [5.74, 6) is -1.49. The van der Waals surface area contributed by atoms with Crippen LogP contribution in [0, 0.1) is 0 Å². The first-order valence-electron chi connectivity index (χ1n) is 11.9. The number of carbonyl (C=O) groups is 2. The molecule has 9 heteroatoms. The third-order valence-electron chi connectivity index (χ3n) is 5.54. The summed E-state index contributed by atoms with van der Waals surface area (Å²) < 4.78 is 38.8. The van der Waals surface area contributed by atoms with Gasteiger partial charge in [0.05, 0.1) is 5.56 Å². The van der Waals surface area contributed by atoms with Gasteiger partial charge in [-0.05, 0) is 75.5 Å². The first-order valence-corrected chi connectivity index (χ1v) is 12.3. The summed E-state index contributed by atoms with van der Waals surface area (Å²) in [6.45, 7) is 0.842. The molecular formula is C27H35ClF3NO4. The highest BCUT2D eigenvalue weighted by Gasteiger charge is 2.30. The minimum atomic E-state index is -4.32. The third kappa shape index (κ3) is 13.5. The first-order chi connectivity index (χ1) is 16.9. The summed E-state index contributed by atoms with van der Waals surface area (Å²) in [6, 6.07) is 13.1. The Balaban J connectivity index is 0.000000457. The fourth-order valence-electron chi connectivity index (χ4n) is 3.65. The van der Waals surface area contributed by atoms with Crippen LogP contribution >= 0.6 is 11.6 Å². The average molecular weight is 530 g/mol. The molecule has 0 aliphatic heterocycles. The summed E-state index contributed by atoms with van der Waals surface area (Å²) >= 11 is 6.31. The highest BCUT2D eigenvalue weighted by atomic mass is 35.5. The molecule has 0 radical (unpaired) electrons. The van der Waals surface area contributed by atoms with Gasteiger partial charge in [0.25, 0.3) is 0 Å². The van der Waals surface area contributed by atoms with Crippen molar-refractivity contribution in [3.8, 4) is 0 Å². The Morgan fingerprint density at radius 2 is 1.50 bits per heavy atom. The predicted octanol–water partition coefficient (Wildman–Crippen LogP) is 7.13. The van der Waals surface area contributed by atoms with Crippen molar-refractivity contribution in [3.63, 3.8) is 0 Å². The molecule has 0 spiro atoms. The molecule has 2 aromatic carbocycles. The number of carboxylic acids is 2. The van der Waals surface area contributed by atoms with Crippen LogP contribution in [0.2, 0.25) is 5.02 Å². The Morgan fingerprint density at radius 3 is 2.00 bits per heavy atom. The lowest BCUT2D eigenvalue weighted by Crippen LogP contribution is -2.17. The molecule has 0 aromatic heterocycles. The van der Waals surface area contributed by atoms with E-state index >= 15 is 0 Å². The minimum Gasteiger partial charge on any atom is -0.481 e. The van der Waals surface area contributed by atoms with Crippen LogP contribution in [0.3, 0.4) is 0 Å². The van der Waals surface area contributed by atoms with Gasteiger partial charge in [0.1, 0.15) is 0 Å². The topological polar surface area (TPSA) is 77.8 Å². The molecule has 1 atom stereocenters. The molecule has 36 heavy (non-hydrogen) atoms. The maximum atomic E-state index is 12.9. The van der Waals surface area contributed by atoms with Gasteiger partial charge in [0, 0.05) is 17.9 Å². The Kier molecular flexibility index (Phi) is 14.2. The van der Waals surface area contributed by atoms with E-state index in [4.69, 9.17) is 21.8 Å². The molecule has 200 valence electrons. The summed E-state index contributed by atoms with van der Waals surface area (Å²) in [4.78, 5) is 22.2. The van der Waals surface area contributed by atoms with Crippen LogP contribution in [0.15, 0.2) is 48.5 Å². The number of alkyl halides is 3. The van der Waals surface area contributed by atoms with Crippen molar-refractivity contribution >= 4 is 23.5 Å². The van der Waals surface area contributed by atoms with Crippen molar-refractivity contribution in [1.82, 2.24) is 4.90 Å². The number of nitrogens with zero attached hydrogens (tertiary/aromatic N) is 1. The van der Waals surface area contributed by atoms with Gasteiger partial charge in [-0.1, -0.05) is 60.8 Å². The van der Waals surface area contributed by atoms with Crippen molar-refractivity contribution in [2.45, 2.75) is 63.5 Å². The molecule has 0 heterocycles. The van der Waals surface area contributed by atoms with E-state index in [0.717, 1.165) is 37.4 Å². The van der Waals surface area contributed by atoms with Crippen LogP contribution in [0.4, 0.5) is 13.2 Å². The lowest BCUT2D eigenvalue weighted by atomic mass is 9.88. The lowest BCUT2D eigenvalue weighted by molar-refractivity contribution is -0.138. The average Bonchev–Trinajstić information content (AvgIpc) is 2.79. The fourth-order valence-corrected chi connectivity index (χ4v) is 3.94. The van der Waals surface area contributed by atoms with Gasteiger partial charge >= 0.3 is 18.1 Å². The van der Waals surface area contributed by atoms with Crippen LogP contribution in [-0.4, -0.2) is 47.7 Å². The zero-order chi connectivity index (χ0) is 27.1. The second-order valence-electron chi connectivity index (χ2n) is 8.91. The molecular weight excluding hydrogens is 495 g/mol. The Morgan fingerprint density at radius 1 is 0.917 bits per heavy atom. The molecule has 0 fully saturated rings.